The molecule has 0 unspecified atom stereocenters. The Hall–Kier alpha value is -2.07. The number of halogens is 2. The zero-order chi connectivity index (χ0) is 13.8. The number of carbonyl (C=O) groups is 1. The van der Waals surface area contributed by atoms with Crippen LogP contribution in [-0.4, -0.2) is 13.0 Å². The second-order valence-electron chi connectivity index (χ2n) is 3.81. The molecule has 0 heterocycles. The van der Waals surface area contributed by atoms with E-state index in [4.69, 9.17) is 16.3 Å². The molecule has 0 atom stereocenters. The highest BCUT2D eigenvalue weighted by atomic mass is 35.5. The SMILES string of the molecule is COc1ccc(Cl)cc1C(=O)Nc1cccc(F)c1. The van der Waals surface area contributed by atoms with E-state index in [1.807, 2.05) is 0 Å². The van der Waals surface area contributed by atoms with Crippen molar-refractivity contribution in [3.05, 3.63) is 58.9 Å². The van der Waals surface area contributed by atoms with Gasteiger partial charge in [-0.2, -0.15) is 0 Å². The topological polar surface area (TPSA) is 38.3 Å². The van der Waals surface area contributed by atoms with Crippen LogP contribution < -0.4 is 10.1 Å². The second-order valence-corrected chi connectivity index (χ2v) is 4.25. The average Bonchev–Trinajstić information content (AvgIpc) is 2.38. The number of anilines is 1. The molecule has 0 spiro atoms. The molecule has 0 aliphatic heterocycles. The van der Waals surface area contributed by atoms with Gasteiger partial charge in [0.05, 0.1) is 12.7 Å². The fourth-order valence-corrected chi connectivity index (χ4v) is 1.79. The lowest BCUT2D eigenvalue weighted by Gasteiger charge is -2.09. The maximum absolute atomic E-state index is 13.0. The maximum atomic E-state index is 13.0. The maximum Gasteiger partial charge on any atom is 0.259 e. The molecular weight excluding hydrogens is 269 g/mol. The summed E-state index contributed by atoms with van der Waals surface area (Å²) in [6.45, 7) is 0. The summed E-state index contributed by atoms with van der Waals surface area (Å²) in [6, 6.07) is 10.4. The summed E-state index contributed by atoms with van der Waals surface area (Å²) in [4.78, 5) is 12.1. The van der Waals surface area contributed by atoms with Crippen LogP contribution in [0.25, 0.3) is 0 Å². The lowest BCUT2D eigenvalue weighted by Crippen LogP contribution is -2.13. The number of hydrogen-bond donors (Lipinski definition) is 1. The molecule has 5 heteroatoms. The predicted octanol–water partition coefficient (Wildman–Crippen LogP) is 3.74. The van der Waals surface area contributed by atoms with Crippen molar-refractivity contribution >= 4 is 23.2 Å². The van der Waals surface area contributed by atoms with Gasteiger partial charge < -0.3 is 10.1 Å². The molecule has 0 aromatic heterocycles. The number of ether oxygens (including phenoxy) is 1. The average molecular weight is 280 g/mol. The molecule has 0 saturated carbocycles. The normalized spacial score (nSPS) is 10.1. The largest absolute Gasteiger partial charge is 0.496 e. The molecule has 0 bridgehead atoms. The molecule has 2 aromatic carbocycles. The Bertz CT molecular complexity index is 616. The van der Waals surface area contributed by atoms with Crippen molar-refractivity contribution in [3.63, 3.8) is 0 Å². The zero-order valence-corrected chi connectivity index (χ0v) is 10.9. The molecule has 1 N–H and O–H groups in total. The standard InChI is InChI=1S/C14H11ClFNO2/c1-19-13-6-5-9(15)7-12(13)14(18)17-11-4-2-3-10(16)8-11/h2-8H,1H3,(H,17,18). The lowest BCUT2D eigenvalue weighted by atomic mass is 10.2. The highest BCUT2D eigenvalue weighted by Gasteiger charge is 2.13. The van der Waals surface area contributed by atoms with Gasteiger partial charge in [-0.15, -0.1) is 0 Å². The molecule has 0 aliphatic carbocycles. The quantitative estimate of drug-likeness (QED) is 0.929. The lowest BCUT2D eigenvalue weighted by molar-refractivity contribution is 0.102. The van der Waals surface area contributed by atoms with Crippen LogP contribution in [0, 0.1) is 5.82 Å². The summed E-state index contributed by atoms with van der Waals surface area (Å²) in [5.41, 5.74) is 0.659. The number of carbonyl (C=O) groups excluding carboxylic acids is 1. The first-order chi connectivity index (χ1) is 9.10. The van der Waals surface area contributed by atoms with Gasteiger partial charge in [-0.25, -0.2) is 4.39 Å². The molecule has 3 nitrogen and oxygen atoms in total. The minimum atomic E-state index is -0.421. The van der Waals surface area contributed by atoms with E-state index in [-0.39, 0.29) is 0 Å². The number of amides is 1. The third-order valence-corrected chi connectivity index (χ3v) is 2.72. The van der Waals surface area contributed by atoms with Crippen molar-refractivity contribution in [1.82, 2.24) is 0 Å². The van der Waals surface area contributed by atoms with Crippen LogP contribution in [0.1, 0.15) is 10.4 Å². The van der Waals surface area contributed by atoms with Crippen LogP contribution >= 0.6 is 11.6 Å². The molecule has 0 aliphatic rings. The van der Waals surface area contributed by atoms with Crippen LogP contribution in [-0.2, 0) is 0 Å². The van der Waals surface area contributed by atoms with Crippen molar-refractivity contribution in [3.8, 4) is 5.75 Å². The first-order valence-corrected chi connectivity index (χ1v) is 5.88. The van der Waals surface area contributed by atoms with E-state index < -0.39 is 11.7 Å². The highest BCUT2D eigenvalue weighted by molar-refractivity contribution is 6.31. The number of benzene rings is 2. The van der Waals surface area contributed by atoms with Gasteiger partial charge in [-0.05, 0) is 36.4 Å². The van der Waals surface area contributed by atoms with Gasteiger partial charge in [0.25, 0.3) is 5.91 Å². The van der Waals surface area contributed by atoms with Crippen molar-refractivity contribution in [2.75, 3.05) is 12.4 Å². The first-order valence-electron chi connectivity index (χ1n) is 5.50. The van der Waals surface area contributed by atoms with Gasteiger partial charge in [-0.1, -0.05) is 17.7 Å². The fourth-order valence-electron chi connectivity index (χ4n) is 1.62. The van der Waals surface area contributed by atoms with E-state index in [0.29, 0.717) is 22.0 Å². The van der Waals surface area contributed by atoms with Gasteiger partial charge in [0.15, 0.2) is 0 Å². The van der Waals surface area contributed by atoms with Crippen LogP contribution in [0.2, 0.25) is 5.02 Å². The van der Waals surface area contributed by atoms with Crippen molar-refractivity contribution in [1.29, 1.82) is 0 Å². The summed E-state index contributed by atoms with van der Waals surface area (Å²) in [5, 5.41) is 3.00. The predicted molar refractivity (Wildman–Crippen MR) is 72.4 cm³/mol. The minimum absolute atomic E-state index is 0.291. The summed E-state index contributed by atoms with van der Waals surface area (Å²) >= 11 is 5.85. The fraction of sp³-hybridized carbons (Fsp3) is 0.0714. The minimum Gasteiger partial charge on any atom is -0.496 e. The van der Waals surface area contributed by atoms with E-state index in [0.717, 1.165) is 0 Å². The van der Waals surface area contributed by atoms with Gasteiger partial charge in [0.1, 0.15) is 11.6 Å². The van der Waals surface area contributed by atoms with E-state index in [1.165, 1.54) is 31.4 Å². The number of methoxy groups -OCH3 is 1. The molecular formula is C14H11ClFNO2. The molecule has 2 rings (SSSR count). The number of nitrogens with one attached hydrogen (secondary N) is 1. The number of hydrogen-bond acceptors (Lipinski definition) is 2. The monoisotopic (exact) mass is 279 g/mol. The molecule has 98 valence electrons. The third kappa shape index (κ3) is 3.23. The van der Waals surface area contributed by atoms with E-state index in [2.05, 4.69) is 5.32 Å². The van der Waals surface area contributed by atoms with Gasteiger partial charge in [0, 0.05) is 10.7 Å². The summed E-state index contributed by atoms with van der Waals surface area (Å²) < 4.78 is 18.1. The zero-order valence-electron chi connectivity index (χ0n) is 10.1. The second kappa shape index (κ2) is 5.71. The van der Waals surface area contributed by atoms with Crippen LogP contribution in [0.4, 0.5) is 10.1 Å². The Morgan fingerprint density at radius 2 is 2.05 bits per heavy atom. The molecule has 1 amide bonds. The van der Waals surface area contributed by atoms with Gasteiger partial charge in [0.2, 0.25) is 0 Å². The molecule has 0 radical (unpaired) electrons. The molecule has 2 aromatic rings. The summed E-state index contributed by atoms with van der Waals surface area (Å²) in [5.74, 6) is -0.431. The molecule has 0 fully saturated rings. The van der Waals surface area contributed by atoms with Crippen LogP contribution in [0.3, 0.4) is 0 Å². The van der Waals surface area contributed by atoms with Crippen molar-refractivity contribution in [2.24, 2.45) is 0 Å². The van der Waals surface area contributed by atoms with Crippen molar-refractivity contribution < 1.29 is 13.9 Å². The molecule has 0 saturated heterocycles. The summed E-state index contributed by atoms with van der Waals surface area (Å²) in [6.07, 6.45) is 0. The third-order valence-electron chi connectivity index (χ3n) is 2.49. The smallest absolute Gasteiger partial charge is 0.259 e. The van der Waals surface area contributed by atoms with Crippen LogP contribution in [0.5, 0.6) is 5.75 Å². The van der Waals surface area contributed by atoms with Crippen molar-refractivity contribution in [2.45, 2.75) is 0 Å². The van der Waals surface area contributed by atoms with Gasteiger partial charge in [-0.3, -0.25) is 4.79 Å². The Labute approximate surface area is 115 Å². The van der Waals surface area contributed by atoms with E-state index in [9.17, 15) is 9.18 Å². The van der Waals surface area contributed by atoms with E-state index in [1.54, 1.807) is 18.2 Å². The number of rotatable bonds is 3. The van der Waals surface area contributed by atoms with Crippen LogP contribution in [0.15, 0.2) is 42.5 Å². The Morgan fingerprint density at radius 3 is 2.74 bits per heavy atom. The van der Waals surface area contributed by atoms with Gasteiger partial charge >= 0.3 is 0 Å². The van der Waals surface area contributed by atoms with E-state index >= 15 is 0 Å². The highest BCUT2D eigenvalue weighted by Crippen LogP contribution is 2.23. The molecule has 19 heavy (non-hydrogen) atoms. The Kier molecular flexibility index (Phi) is 4.02. The first kappa shape index (κ1) is 13.4. The summed E-state index contributed by atoms with van der Waals surface area (Å²) in [7, 11) is 1.46. The Morgan fingerprint density at radius 1 is 1.26 bits per heavy atom. The Balaban J connectivity index is 2.27.